The number of fused-ring (bicyclic) bond motifs is 2. The second-order valence-electron chi connectivity index (χ2n) is 8.69. The summed E-state index contributed by atoms with van der Waals surface area (Å²) in [5, 5.41) is 17.5. The highest BCUT2D eigenvalue weighted by molar-refractivity contribution is 5.85. The zero-order chi connectivity index (χ0) is 18.5. The molecule has 0 bridgehead atoms. The van der Waals surface area contributed by atoms with Gasteiger partial charge in [0.25, 0.3) is 0 Å². The molecule has 0 amide bonds. The minimum Gasteiger partial charge on any atom is -0.289 e. The minimum atomic E-state index is -0.116. The predicted octanol–water partition coefficient (Wildman–Crippen LogP) is 4.42. The zero-order valence-corrected chi connectivity index (χ0v) is 16.0. The minimum absolute atomic E-state index is 0.0753. The Morgan fingerprint density at radius 3 is 2.54 bits per heavy atom. The summed E-state index contributed by atoms with van der Waals surface area (Å²) in [6, 6.07) is 10.7. The van der Waals surface area contributed by atoms with Gasteiger partial charge in [0.05, 0.1) is 11.2 Å². The molecule has 0 aliphatic rings. The molecule has 0 unspecified atom stereocenters. The molecule has 0 saturated heterocycles. The van der Waals surface area contributed by atoms with Crippen LogP contribution < -0.4 is 0 Å². The van der Waals surface area contributed by atoms with Gasteiger partial charge in [-0.3, -0.25) is 9.50 Å². The smallest absolute Gasteiger partial charge is 0.164 e. The molecular formula is C21H25N5. The summed E-state index contributed by atoms with van der Waals surface area (Å²) in [5.74, 6) is 0. The molecule has 4 aromatic rings. The van der Waals surface area contributed by atoms with Crippen molar-refractivity contribution in [3.63, 3.8) is 0 Å². The molecule has 0 spiro atoms. The highest BCUT2D eigenvalue weighted by atomic mass is 15.2. The van der Waals surface area contributed by atoms with Crippen LogP contribution in [-0.4, -0.2) is 24.8 Å². The summed E-state index contributed by atoms with van der Waals surface area (Å²) < 4.78 is 1.97. The van der Waals surface area contributed by atoms with Crippen molar-refractivity contribution in [2.75, 3.05) is 0 Å². The van der Waals surface area contributed by atoms with Gasteiger partial charge < -0.3 is 0 Å². The van der Waals surface area contributed by atoms with E-state index in [4.69, 9.17) is 0 Å². The van der Waals surface area contributed by atoms with Crippen molar-refractivity contribution < 1.29 is 0 Å². The van der Waals surface area contributed by atoms with Crippen LogP contribution in [0.25, 0.3) is 16.6 Å². The molecule has 134 valence electrons. The Balaban J connectivity index is 1.79. The third-order valence-corrected chi connectivity index (χ3v) is 5.15. The van der Waals surface area contributed by atoms with Gasteiger partial charge in [0, 0.05) is 23.6 Å². The number of nitrogens with zero attached hydrogens (tertiary/aromatic N) is 4. The molecule has 0 saturated carbocycles. The summed E-state index contributed by atoms with van der Waals surface area (Å²) in [5.41, 5.74) is 5.59. The van der Waals surface area contributed by atoms with Crippen LogP contribution in [0, 0.1) is 0 Å². The number of hydrogen-bond acceptors (Lipinski definition) is 3. The maximum absolute atomic E-state index is 4.68. The van der Waals surface area contributed by atoms with Gasteiger partial charge in [-0.25, -0.2) is 0 Å². The number of benzene rings is 1. The SMILES string of the molecule is CC(C)(C)c1cccc2c(CC(C)(C)c3cccn4cnnc34)n[nH]c12. The van der Waals surface area contributed by atoms with Crippen LogP contribution in [0.1, 0.15) is 51.4 Å². The fourth-order valence-electron chi connectivity index (χ4n) is 3.75. The molecule has 26 heavy (non-hydrogen) atoms. The van der Waals surface area contributed by atoms with Crippen LogP contribution in [0.2, 0.25) is 0 Å². The van der Waals surface area contributed by atoms with Gasteiger partial charge in [-0.2, -0.15) is 5.10 Å². The highest BCUT2D eigenvalue weighted by Crippen LogP contribution is 2.34. The topological polar surface area (TPSA) is 58.9 Å². The van der Waals surface area contributed by atoms with Crippen molar-refractivity contribution in [1.29, 1.82) is 0 Å². The molecule has 0 aliphatic heterocycles. The average Bonchev–Trinajstić information content (AvgIpc) is 3.20. The first-order valence-electron chi connectivity index (χ1n) is 9.03. The van der Waals surface area contributed by atoms with Crippen LogP contribution in [-0.2, 0) is 17.3 Å². The largest absolute Gasteiger partial charge is 0.289 e. The van der Waals surface area contributed by atoms with E-state index in [-0.39, 0.29) is 10.8 Å². The first kappa shape index (κ1) is 16.8. The molecular weight excluding hydrogens is 322 g/mol. The van der Waals surface area contributed by atoms with E-state index in [1.165, 1.54) is 16.5 Å². The van der Waals surface area contributed by atoms with Gasteiger partial charge in [-0.15, -0.1) is 10.2 Å². The molecule has 0 radical (unpaired) electrons. The molecule has 1 N–H and O–H groups in total. The molecule has 5 nitrogen and oxygen atoms in total. The molecule has 0 aliphatic carbocycles. The Bertz CT molecular complexity index is 1080. The lowest BCUT2D eigenvalue weighted by Gasteiger charge is -2.25. The summed E-state index contributed by atoms with van der Waals surface area (Å²) in [6.07, 6.45) is 4.55. The fourth-order valence-corrected chi connectivity index (χ4v) is 3.75. The lowest BCUT2D eigenvalue weighted by Crippen LogP contribution is -2.22. The Kier molecular flexibility index (Phi) is 3.65. The third kappa shape index (κ3) is 2.68. The summed E-state index contributed by atoms with van der Waals surface area (Å²) >= 11 is 0. The number of aromatic nitrogens is 5. The molecule has 4 rings (SSSR count). The average molecular weight is 347 g/mol. The van der Waals surface area contributed by atoms with Crippen molar-refractivity contribution in [2.24, 2.45) is 0 Å². The van der Waals surface area contributed by atoms with Gasteiger partial charge in [-0.1, -0.05) is 58.9 Å². The highest BCUT2D eigenvalue weighted by Gasteiger charge is 2.27. The summed E-state index contributed by atoms with van der Waals surface area (Å²) in [7, 11) is 0. The second-order valence-corrected chi connectivity index (χ2v) is 8.69. The van der Waals surface area contributed by atoms with E-state index in [2.05, 4.69) is 79.3 Å². The number of para-hydroxylation sites is 1. The van der Waals surface area contributed by atoms with Crippen LogP contribution in [0.3, 0.4) is 0 Å². The molecule has 0 fully saturated rings. The first-order chi connectivity index (χ1) is 12.3. The maximum Gasteiger partial charge on any atom is 0.164 e. The van der Waals surface area contributed by atoms with Crippen LogP contribution in [0.5, 0.6) is 0 Å². The van der Waals surface area contributed by atoms with E-state index >= 15 is 0 Å². The van der Waals surface area contributed by atoms with E-state index in [1.807, 2.05) is 16.7 Å². The molecule has 3 aromatic heterocycles. The Morgan fingerprint density at radius 2 is 1.77 bits per heavy atom. The van der Waals surface area contributed by atoms with Crippen molar-refractivity contribution >= 4 is 16.6 Å². The molecule has 3 heterocycles. The zero-order valence-electron chi connectivity index (χ0n) is 16.0. The number of hydrogen-bond donors (Lipinski definition) is 1. The molecule has 1 aromatic carbocycles. The number of nitrogens with one attached hydrogen (secondary N) is 1. The Morgan fingerprint density at radius 1 is 1.00 bits per heavy atom. The first-order valence-corrected chi connectivity index (χ1v) is 9.03. The predicted molar refractivity (Wildman–Crippen MR) is 105 cm³/mol. The van der Waals surface area contributed by atoms with Crippen molar-refractivity contribution in [3.05, 3.63) is 59.7 Å². The lowest BCUT2D eigenvalue weighted by molar-refractivity contribution is 0.518. The second kappa shape index (κ2) is 5.66. The fraction of sp³-hybridized carbons (Fsp3) is 0.381. The molecule has 5 heteroatoms. The van der Waals surface area contributed by atoms with Gasteiger partial charge >= 0.3 is 0 Å². The number of pyridine rings is 1. The number of aromatic amines is 1. The van der Waals surface area contributed by atoms with Crippen LogP contribution in [0.4, 0.5) is 0 Å². The van der Waals surface area contributed by atoms with Crippen molar-refractivity contribution in [3.8, 4) is 0 Å². The Labute approximate surface area is 153 Å². The van der Waals surface area contributed by atoms with Gasteiger partial charge in [-0.05, 0) is 22.5 Å². The van der Waals surface area contributed by atoms with Gasteiger partial charge in [0.15, 0.2) is 5.65 Å². The quantitative estimate of drug-likeness (QED) is 0.597. The monoisotopic (exact) mass is 347 g/mol. The number of rotatable bonds is 3. The van der Waals surface area contributed by atoms with Crippen molar-refractivity contribution in [2.45, 2.75) is 51.9 Å². The van der Waals surface area contributed by atoms with Crippen LogP contribution in [0.15, 0.2) is 42.9 Å². The molecule has 0 atom stereocenters. The summed E-state index contributed by atoms with van der Waals surface area (Å²) in [6.45, 7) is 11.2. The van der Waals surface area contributed by atoms with E-state index in [1.54, 1.807) is 6.33 Å². The van der Waals surface area contributed by atoms with E-state index in [0.717, 1.165) is 23.3 Å². The van der Waals surface area contributed by atoms with E-state index in [9.17, 15) is 0 Å². The lowest BCUT2D eigenvalue weighted by atomic mass is 9.80. The standard InChI is InChI=1S/C21H25N5/c1-20(2,3)15-9-6-8-14-17(23-24-18(14)15)12-21(4,5)16-10-7-11-26-13-22-25-19(16)26/h6-11,13H,12H2,1-5H3,(H,23,24). The normalized spacial score (nSPS) is 13.0. The van der Waals surface area contributed by atoms with Crippen LogP contribution >= 0.6 is 0 Å². The van der Waals surface area contributed by atoms with E-state index < -0.39 is 0 Å². The maximum atomic E-state index is 4.68. The summed E-state index contributed by atoms with van der Waals surface area (Å²) in [4.78, 5) is 0. The number of H-pyrrole nitrogens is 1. The third-order valence-electron chi connectivity index (χ3n) is 5.15. The van der Waals surface area contributed by atoms with Gasteiger partial charge in [0.1, 0.15) is 6.33 Å². The van der Waals surface area contributed by atoms with E-state index in [0.29, 0.717) is 0 Å². The Hall–Kier alpha value is -2.69. The van der Waals surface area contributed by atoms with Gasteiger partial charge in [0.2, 0.25) is 0 Å². The van der Waals surface area contributed by atoms with Crippen molar-refractivity contribution in [1.82, 2.24) is 24.8 Å².